The standard InChI is InChI=1S/C18H11N5OS2/c1-9-22-23-18(26-9)16-11(7-12-14(24)4-5-19-17(12)21-16)10-2-3-13-15(6-10)25-8-20-13/h2-8H,1H3,(H,19,21,24). The van der Waals surface area contributed by atoms with Crippen molar-refractivity contribution < 1.29 is 0 Å². The van der Waals surface area contributed by atoms with Crippen LogP contribution < -0.4 is 5.43 Å². The Bertz CT molecular complexity index is 1330. The molecule has 0 fully saturated rings. The van der Waals surface area contributed by atoms with Crippen LogP contribution in [0.1, 0.15) is 5.01 Å². The fourth-order valence-electron chi connectivity index (χ4n) is 2.90. The van der Waals surface area contributed by atoms with E-state index in [1.165, 1.54) is 17.4 Å². The number of hydrogen-bond donors (Lipinski definition) is 1. The number of thiazole rings is 1. The maximum atomic E-state index is 12.3. The van der Waals surface area contributed by atoms with Crippen molar-refractivity contribution in [3.8, 4) is 21.8 Å². The number of rotatable bonds is 2. The quantitative estimate of drug-likeness (QED) is 0.502. The van der Waals surface area contributed by atoms with Gasteiger partial charge in [0.05, 0.1) is 21.1 Å². The highest BCUT2D eigenvalue weighted by Gasteiger charge is 2.16. The second-order valence-corrected chi connectivity index (χ2v) is 7.85. The van der Waals surface area contributed by atoms with Crippen LogP contribution in [0.3, 0.4) is 0 Å². The molecule has 0 radical (unpaired) electrons. The first-order valence-electron chi connectivity index (χ1n) is 7.85. The topological polar surface area (TPSA) is 84.4 Å². The third-order valence-corrected chi connectivity index (χ3v) is 5.75. The van der Waals surface area contributed by atoms with Gasteiger partial charge >= 0.3 is 0 Å². The van der Waals surface area contributed by atoms with Crippen molar-refractivity contribution in [3.05, 3.63) is 57.3 Å². The van der Waals surface area contributed by atoms with Crippen molar-refractivity contribution >= 4 is 43.9 Å². The average Bonchev–Trinajstić information content (AvgIpc) is 3.29. The van der Waals surface area contributed by atoms with Gasteiger partial charge in [0.15, 0.2) is 10.4 Å². The van der Waals surface area contributed by atoms with E-state index in [0.29, 0.717) is 16.7 Å². The highest BCUT2D eigenvalue weighted by atomic mass is 32.1. The fourth-order valence-corrected chi connectivity index (χ4v) is 4.31. The Morgan fingerprint density at radius 1 is 1.12 bits per heavy atom. The number of nitrogens with zero attached hydrogens (tertiary/aromatic N) is 4. The predicted molar refractivity (Wildman–Crippen MR) is 105 cm³/mol. The molecule has 5 aromatic rings. The summed E-state index contributed by atoms with van der Waals surface area (Å²) in [5.41, 5.74) is 5.82. The van der Waals surface area contributed by atoms with Crippen LogP contribution in [0, 0.1) is 6.92 Å². The van der Waals surface area contributed by atoms with Crippen LogP contribution in [-0.2, 0) is 0 Å². The van der Waals surface area contributed by atoms with Gasteiger partial charge in [-0.25, -0.2) is 9.97 Å². The van der Waals surface area contributed by atoms with Gasteiger partial charge in [-0.15, -0.1) is 21.5 Å². The lowest BCUT2D eigenvalue weighted by Crippen LogP contribution is -2.03. The Balaban J connectivity index is 1.86. The zero-order valence-corrected chi connectivity index (χ0v) is 15.2. The van der Waals surface area contributed by atoms with Crippen molar-refractivity contribution in [3.63, 3.8) is 0 Å². The van der Waals surface area contributed by atoms with E-state index in [1.807, 2.05) is 30.6 Å². The van der Waals surface area contributed by atoms with Crippen LogP contribution in [0.2, 0.25) is 0 Å². The number of aryl methyl sites for hydroxylation is 1. The second kappa shape index (κ2) is 5.79. The summed E-state index contributed by atoms with van der Waals surface area (Å²) in [7, 11) is 0. The molecule has 1 N–H and O–H groups in total. The highest BCUT2D eigenvalue weighted by molar-refractivity contribution is 7.16. The monoisotopic (exact) mass is 377 g/mol. The van der Waals surface area contributed by atoms with E-state index in [-0.39, 0.29) is 5.43 Å². The van der Waals surface area contributed by atoms with Crippen LogP contribution >= 0.6 is 22.7 Å². The van der Waals surface area contributed by atoms with Gasteiger partial charge in [-0.3, -0.25) is 4.79 Å². The van der Waals surface area contributed by atoms with Crippen molar-refractivity contribution in [2.24, 2.45) is 0 Å². The van der Waals surface area contributed by atoms with Gasteiger partial charge in [-0.1, -0.05) is 17.4 Å². The summed E-state index contributed by atoms with van der Waals surface area (Å²) < 4.78 is 1.09. The minimum Gasteiger partial charge on any atom is -0.346 e. The van der Waals surface area contributed by atoms with Crippen molar-refractivity contribution in [1.82, 2.24) is 25.1 Å². The third-order valence-electron chi connectivity index (χ3n) is 4.11. The molecule has 4 aromatic heterocycles. The number of nitrogens with one attached hydrogen (secondary N) is 1. The summed E-state index contributed by atoms with van der Waals surface area (Å²) in [5, 5.41) is 10.5. The zero-order valence-electron chi connectivity index (χ0n) is 13.6. The molecule has 0 spiro atoms. The molecule has 0 saturated heterocycles. The van der Waals surface area contributed by atoms with E-state index in [9.17, 15) is 4.79 Å². The first-order valence-corrected chi connectivity index (χ1v) is 9.55. The lowest BCUT2D eigenvalue weighted by Gasteiger charge is -2.09. The molecule has 0 aliphatic rings. The molecule has 0 aliphatic heterocycles. The van der Waals surface area contributed by atoms with Crippen LogP contribution in [-0.4, -0.2) is 25.1 Å². The Kier molecular flexibility index (Phi) is 3.41. The SMILES string of the molecule is Cc1nnc(-c2nc3[nH]ccc(=O)c3cc2-c2ccc3ncsc3c2)s1. The Morgan fingerprint density at radius 3 is 2.88 bits per heavy atom. The summed E-state index contributed by atoms with van der Waals surface area (Å²) in [6, 6.07) is 9.45. The molecule has 0 unspecified atom stereocenters. The van der Waals surface area contributed by atoms with E-state index in [4.69, 9.17) is 4.98 Å². The molecule has 26 heavy (non-hydrogen) atoms. The minimum atomic E-state index is -0.0636. The summed E-state index contributed by atoms with van der Waals surface area (Å²) >= 11 is 3.07. The summed E-state index contributed by atoms with van der Waals surface area (Å²) in [4.78, 5) is 24.4. The Morgan fingerprint density at radius 2 is 2.04 bits per heavy atom. The van der Waals surface area contributed by atoms with Gasteiger partial charge in [0.25, 0.3) is 0 Å². The number of benzene rings is 1. The summed E-state index contributed by atoms with van der Waals surface area (Å²) in [6.45, 7) is 1.91. The molecule has 0 bridgehead atoms. The zero-order chi connectivity index (χ0) is 17.7. The molecule has 0 amide bonds. The van der Waals surface area contributed by atoms with E-state index in [1.54, 1.807) is 17.5 Å². The number of fused-ring (bicyclic) bond motifs is 2. The molecular weight excluding hydrogens is 366 g/mol. The average molecular weight is 377 g/mol. The van der Waals surface area contributed by atoms with Crippen molar-refractivity contribution in [2.75, 3.05) is 0 Å². The summed E-state index contributed by atoms with van der Waals surface area (Å²) in [6.07, 6.45) is 1.61. The highest BCUT2D eigenvalue weighted by Crippen LogP contribution is 2.35. The molecule has 4 heterocycles. The number of aromatic amines is 1. The van der Waals surface area contributed by atoms with Gasteiger partial charge in [0, 0.05) is 17.8 Å². The molecule has 0 aliphatic carbocycles. The van der Waals surface area contributed by atoms with E-state index in [2.05, 4.69) is 26.2 Å². The summed E-state index contributed by atoms with van der Waals surface area (Å²) in [5.74, 6) is 0. The second-order valence-electron chi connectivity index (χ2n) is 5.78. The lowest BCUT2D eigenvalue weighted by molar-refractivity contribution is 1.05. The molecular formula is C18H11N5OS2. The molecule has 0 atom stereocenters. The smallest absolute Gasteiger partial charge is 0.191 e. The lowest BCUT2D eigenvalue weighted by atomic mass is 10.0. The predicted octanol–water partition coefficient (Wildman–Crippen LogP) is 4.03. The minimum absolute atomic E-state index is 0.0636. The van der Waals surface area contributed by atoms with Crippen molar-refractivity contribution in [1.29, 1.82) is 0 Å². The van der Waals surface area contributed by atoms with Crippen LogP contribution in [0.25, 0.3) is 43.1 Å². The van der Waals surface area contributed by atoms with Gasteiger partial charge in [0.1, 0.15) is 16.3 Å². The van der Waals surface area contributed by atoms with Gasteiger partial charge in [0.2, 0.25) is 0 Å². The largest absolute Gasteiger partial charge is 0.346 e. The molecule has 1 aromatic carbocycles. The van der Waals surface area contributed by atoms with E-state index < -0.39 is 0 Å². The fraction of sp³-hybridized carbons (Fsp3) is 0.0556. The molecule has 0 saturated carbocycles. The van der Waals surface area contributed by atoms with Crippen LogP contribution in [0.5, 0.6) is 0 Å². The number of hydrogen-bond acceptors (Lipinski definition) is 7. The Hall–Kier alpha value is -2.97. The molecule has 6 nitrogen and oxygen atoms in total. The van der Waals surface area contributed by atoms with E-state index >= 15 is 0 Å². The molecule has 5 rings (SSSR count). The maximum Gasteiger partial charge on any atom is 0.191 e. The van der Waals surface area contributed by atoms with Gasteiger partial charge < -0.3 is 4.98 Å². The van der Waals surface area contributed by atoms with E-state index in [0.717, 1.165) is 31.4 Å². The number of pyridine rings is 2. The normalized spacial score (nSPS) is 11.4. The number of H-pyrrole nitrogens is 1. The maximum absolute atomic E-state index is 12.3. The van der Waals surface area contributed by atoms with Crippen LogP contribution in [0.4, 0.5) is 0 Å². The molecule has 126 valence electrons. The van der Waals surface area contributed by atoms with Crippen LogP contribution in [0.15, 0.2) is 46.8 Å². The first-order chi connectivity index (χ1) is 12.7. The Labute approximate surface area is 155 Å². The first kappa shape index (κ1) is 15.3. The molecule has 8 heteroatoms. The van der Waals surface area contributed by atoms with Gasteiger partial charge in [-0.05, 0) is 30.7 Å². The van der Waals surface area contributed by atoms with Crippen molar-refractivity contribution in [2.45, 2.75) is 6.92 Å². The number of aromatic nitrogens is 5. The van der Waals surface area contributed by atoms with Gasteiger partial charge in [-0.2, -0.15) is 0 Å². The third kappa shape index (κ3) is 2.42.